The molecule has 2 rings (SSSR count). The molecule has 0 aromatic rings. The van der Waals surface area contributed by atoms with Gasteiger partial charge in [-0.3, -0.25) is 9.59 Å². The minimum atomic E-state index is -0.789. The maximum absolute atomic E-state index is 12.8. The Bertz CT molecular complexity index is 363. The number of hydrogen-bond donors (Lipinski definition) is 1. The molecule has 1 N–H and O–H groups in total. The van der Waals surface area contributed by atoms with Gasteiger partial charge < -0.3 is 10.0 Å². The lowest BCUT2D eigenvalue weighted by Crippen LogP contribution is -2.44. The van der Waals surface area contributed by atoms with Gasteiger partial charge in [0, 0.05) is 12.6 Å². The van der Waals surface area contributed by atoms with E-state index >= 15 is 0 Å². The highest BCUT2D eigenvalue weighted by molar-refractivity contribution is 5.85. The molecule has 4 heteroatoms. The number of hydrogen-bond acceptors (Lipinski definition) is 2. The first-order valence-electron chi connectivity index (χ1n) is 8.04. The average molecular weight is 281 g/mol. The van der Waals surface area contributed by atoms with Crippen LogP contribution in [0.1, 0.15) is 58.8 Å². The normalized spacial score (nSPS) is 26.6. The van der Waals surface area contributed by atoms with Crippen molar-refractivity contribution in [3.63, 3.8) is 0 Å². The number of carbonyl (C=O) groups is 2. The van der Waals surface area contributed by atoms with Crippen molar-refractivity contribution >= 4 is 11.9 Å². The summed E-state index contributed by atoms with van der Waals surface area (Å²) >= 11 is 0. The van der Waals surface area contributed by atoms with Gasteiger partial charge in [0.15, 0.2) is 0 Å². The Morgan fingerprint density at radius 2 is 1.70 bits per heavy atom. The predicted molar refractivity (Wildman–Crippen MR) is 77.3 cm³/mol. The molecule has 2 aliphatic rings. The quantitative estimate of drug-likeness (QED) is 0.814. The first-order valence-corrected chi connectivity index (χ1v) is 8.04. The zero-order valence-electron chi connectivity index (χ0n) is 12.7. The minimum Gasteiger partial charge on any atom is -0.481 e. The van der Waals surface area contributed by atoms with Crippen LogP contribution < -0.4 is 0 Å². The molecule has 2 atom stereocenters. The van der Waals surface area contributed by atoms with Crippen LogP contribution in [0.15, 0.2) is 0 Å². The zero-order chi connectivity index (χ0) is 14.7. The Balaban J connectivity index is 2.03. The molecule has 0 saturated heterocycles. The number of nitrogens with zero attached hydrogens (tertiary/aromatic N) is 1. The second-order valence-corrected chi connectivity index (χ2v) is 6.78. The fourth-order valence-corrected chi connectivity index (χ4v) is 3.19. The molecule has 0 radical (unpaired) electrons. The molecule has 2 unspecified atom stereocenters. The molecule has 114 valence electrons. The molecule has 2 fully saturated rings. The first-order chi connectivity index (χ1) is 9.50. The molecule has 0 heterocycles. The van der Waals surface area contributed by atoms with Crippen LogP contribution >= 0.6 is 0 Å². The maximum atomic E-state index is 12.8. The van der Waals surface area contributed by atoms with Crippen molar-refractivity contribution in [1.82, 2.24) is 4.90 Å². The molecule has 2 aliphatic carbocycles. The van der Waals surface area contributed by atoms with Crippen LogP contribution in [0.2, 0.25) is 0 Å². The third-order valence-corrected chi connectivity index (χ3v) is 4.62. The highest BCUT2D eigenvalue weighted by atomic mass is 16.4. The van der Waals surface area contributed by atoms with Gasteiger partial charge >= 0.3 is 5.97 Å². The topological polar surface area (TPSA) is 57.6 Å². The Morgan fingerprint density at radius 1 is 1.10 bits per heavy atom. The third-order valence-electron chi connectivity index (χ3n) is 4.62. The van der Waals surface area contributed by atoms with Gasteiger partial charge in [0.2, 0.25) is 5.91 Å². The molecule has 0 aromatic heterocycles. The molecule has 20 heavy (non-hydrogen) atoms. The summed E-state index contributed by atoms with van der Waals surface area (Å²) in [6.45, 7) is 5.12. The number of carboxylic acids is 1. The van der Waals surface area contributed by atoms with E-state index in [9.17, 15) is 14.7 Å². The summed E-state index contributed by atoms with van der Waals surface area (Å²) in [7, 11) is 0. The third kappa shape index (κ3) is 3.74. The van der Waals surface area contributed by atoms with Crippen molar-refractivity contribution in [2.24, 2.45) is 17.8 Å². The van der Waals surface area contributed by atoms with Crippen molar-refractivity contribution in [3.8, 4) is 0 Å². The summed E-state index contributed by atoms with van der Waals surface area (Å²) in [5.41, 5.74) is 0. The minimum absolute atomic E-state index is 0.111. The van der Waals surface area contributed by atoms with E-state index in [0.717, 1.165) is 45.1 Å². The van der Waals surface area contributed by atoms with Gasteiger partial charge in [-0.1, -0.05) is 26.7 Å². The van der Waals surface area contributed by atoms with Gasteiger partial charge in [0.25, 0.3) is 0 Å². The Labute approximate surface area is 121 Å². The molecular formula is C16H27NO3. The average Bonchev–Trinajstić information content (AvgIpc) is 3.23. The first kappa shape index (κ1) is 15.3. The van der Waals surface area contributed by atoms with E-state index in [1.807, 2.05) is 4.90 Å². The number of aliphatic carboxylic acids is 1. The van der Waals surface area contributed by atoms with E-state index in [4.69, 9.17) is 0 Å². The molecule has 0 spiro atoms. The van der Waals surface area contributed by atoms with Gasteiger partial charge in [0.05, 0.1) is 11.8 Å². The maximum Gasteiger partial charge on any atom is 0.307 e. The van der Waals surface area contributed by atoms with Gasteiger partial charge in [0.1, 0.15) is 0 Å². The van der Waals surface area contributed by atoms with Crippen LogP contribution in [0.3, 0.4) is 0 Å². The van der Waals surface area contributed by atoms with E-state index in [2.05, 4.69) is 13.8 Å². The van der Waals surface area contributed by atoms with Crippen LogP contribution in [-0.4, -0.2) is 34.5 Å². The van der Waals surface area contributed by atoms with Crippen molar-refractivity contribution < 1.29 is 14.7 Å². The highest BCUT2D eigenvalue weighted by Crippen LogP contribution is 2.35. The second-order valence-electron chi connectivity index (χ2n) is 6.78. The Hall–Kier alpha value is -1.06. The molecular weight excluding hydrogens is 254 g/mol. The van der Waals surface area contributed by atoms with Gasteiger partial charge in [-0.05, 0) is 38.0 Å². The molecule has 2 saturated carbocycles. The van der Waals surface area contributed by atoms with E-state index in [1.165, 1.54) is 0 Å². The second kappa shape index (κ2) is 6.59. The van der Waals surface area contributed by atoms with E-state index < -0.39 is 11.9 Å². The smallest absolute Gasteiger partial charge is 0.307 e. The van der Waals surface area contributed by atoms with E-state index in [1.54, 1.807) is 0 Å². The van der Waals surface area contributed by atoms with Crippen molar-refractivity contribution in [3.05, 3.63) is 0 Å². The summed E-state index contributed by atoms with van der Waals surface area (Å²) in [4.78, 5) is 26.1. The number of carbonyl (C=O) groups excluding carboxylic acids is 1. The molecule has 0 bridgehead atoms. The molecule has 0 aliphatic heterocycles. The monoisotopic (exact) mass is 281 g/mol. The Morgan fingerprint density at radius 3 is 2.20 bits per heavy atom. The summed E-state index contributed by atoms with van der Waals surface area (Å²) in [5.74, 6) is -0.848. The molecule has 1 amide bonds. The zero-order valence-corrected chi connectivity index (χ0v) is 12.7. The molecule has 4 nitrogen and oxygen atoms in total. The largest absolute Gasteiger partial charge is 0.481 e. The van der Waals surface area contributed by atoms with Crippen LogP contribution in [0.4, 0.5) is 0 Å². The van der Waals surface area contributed by atoms with Crippen molar-refractivity contribution in [2.75, 3.05) is 6.54 Å². The lowest BCUT2D eigenvalue weighted by Gasteiger charge is -2.33. The SMILES string of the molecule is CC(C)CCN(C(=O)C1CCCCC1C(=O)O)C1CC1. The van der Waals surface area contributed by atoms with Gasteiger partial charge in [-0.2, -0.15) is 0 Å². The number of rotatable bonds is 6. The fourth-order valence-electron chi connectivity index (χ4n) is 3.19. The standard InChI is InChI=1S/C16H27NO3/c1-11(2)9-10-17(12-7-8-12)15(18)13-5-3-4-6-14(13)16(19)20/h11-14H,3-10H2,1-2H3,(H,19,20). The summed E-state index contributed by atoms with van der Waals surface area (Å²) in [6.07, 6.45) is 6.53. The van der Waals surface area contributed by atoms with E-state index in [0.29, 0.717) is 18.4 Å². The number of amides is 1. The van der Waals surface area contributed by atoms with E-state index in [-0.39, 0.29) is 11.8 Å². The van der Waals surface area contributed by atoms with Gasteiger partial charge in [-0.25, -0.2) is 0 Å². The highest BCUT2D eigenvalue weighted by Gasteiger charge is 2.41. The summed E-state index contributed by atoms with van der Waals surface area (Å²) < 4.78 is 0. The van der Waals surface area contributed by atoms with Gasteiger partial charge in [-0.15, -0.1) is 0 Å². The lowest BCUT2D eigenvalue weighted by molar-refractivity contribution is -0.152. The fraction of sp³-hybridized carbons (Fsp3) is 0.875. The lowest BCUT2D eigenvalue weighted by atomic mass is 9.78. The summed E-state index contributed by atoms with van der Waals surface area (Å²) in [6, 6.07) is 0.387. The number of carboxylic acid groups (broad SMARTS) is 1. The molecule has 0 aromatic carbocycles. The van der Waals surface area contributed by atoms with Crippen LogP contribution in [0, 0.1) is 17.8 Å². The van der Waals surface area contributed by atoms with Crippen LogP contribution in [0.5, 0.6) is 0 Å². The predicted octanol–water partition coefficient (Wildman–Crippen LogP) is 2.91. The Kier molecular flexibility index (Phi) is 5.06. The van der Waals surface area contributed by atoms with Crippen LogP contribution in [-0.2, 0) is 9.59 Å². The van der Waals surface area contributed by atoms with Crippen molar-refractivity contribution in [1.29, 1.82) is 0 Å². The summed E-state index contributed by atoms with van der Waals surface area (Å²) in [5, 5.41) is 9.34. The van der Waals surface area contributed by atoms with Crippen LogP contribution in [0.25, 0.3) is 0 Å². The van der Waals surface area contributed by atoms with Crippen molar-refractivity contribution in [2.45, 2.75) is 64.8 Å².